The van der Waals surface area contributed by atoms with Gasteiger partial charge in [-0.15, -0.1) is 0 Å². The maximum Gasteiger partial charge on any atom is 0.126 e. The molecule has 0 aromatic heterocycles. The molecule has 1 fully saturated rings. The zero-order chi connectivity index (χ0) is 9.90. The number of aldehydes is 1. The zero-order valence-corrected chi connectivity index (χ0v) is 9.18. The molecule has 1 heteroatoms. The van der Waals surface area contributed by atoms with E-state index < -0.39 is 0 Å². The van der Waals surface area contributed by atoms with Crippen LogP contribution in [0, 0.1) is 17.3 Å². The van der Waals surface area contributed by atoms with E-state index in [4.69, 9.17) is 0 Å². The van der Waals surface area contributed by atoms with E-state index in [0.29, 0.717) is 11.8 Å². The molecule has 0 saturated heterocycles. The van der Waals surface area contributed by atoms with Gasteiger partial charge in [-0.1, -0.05) is 33.6 Å². The Bertz CT molecular complexity index is 176. The van der Waals surface area contributed by atoms with E-state index in [2.05, 4.69) is 20.8 Å². The average Bonchev–Trinajstić information content (AvgIpc) is 2.48. The van der Waals surface area contributed by atoms with E-state index >= 15 is 0 Å². The molecule has 0 spiro atoms. The normalized spacial score (nSPS) is 36.1. The Hall–Kier alpha value is -0.330. The number of rotatable bonds is 4. The second-order valence-electron chi connectivity index (χ2n) is 4.86. The van der Waals surface area contributed by atoms with Gasteiger partial charge >= 0.3 is 0 Å². The van der Waals surface area contributed by atoms with Gasteiger partial charge in [0.1, 0.15) is 6.29 Å². The van der Waals surface area contributed by atoms with Crippen LogP contribution in [0.25, 0.3) is 0 Å². The van der Waals surface area contributed by atoms with Crippen molar-refractivity contribution < 1.29 is 4.79 Å². The first-order valence-electron chi connectivity index (χ1n) is 5.61. The first kappa shape index (κ1) is 10.7. The fourth-order valence-corrected chi connectivity index (χ4v) is 2.59. The molecule has 0 radical (unpaired) electrons. The largest absolute Gasteiger partial charge is 0.303 e. The molecule has 1 aliphatic rings. The first-order valence-corrected chi connectivity index (χ1v) is 5.61. The molecule has 1 saturated carbocycles. The summed E-state index contributed by atoms with van der Waals surface area (Å²) < 4.78 is 0. The monoisotopic (exact) mass is 182 g/mol. The van der Waals surface area contributed by atoms with Crippen LogP contribution in [0.5, 0.6) is 0 Å². The number of carbonyl (C=O) groups excluding carboxylic acids is 1. The van der Waals surface area contributed by atoms with Crippen molar-refractivity contribution in [1.29, 1.82) is 0 Å². The van der Waals surface area contributed by atoms with Crippen LogP contribution in [0.3, 0.4) is 0 Å². The molecule has 0 aliphatic heterocycles. The van der Waals surface area contributed by atoms with Crippen molar-refractivity contribution in [1.82, 2.24) is 0 Å². The topological polar surface area (TPSA) is 17.1 Å². The second kappa shape index (κ2) is 4.26. The molecule has 1 rings (SSSR count). The van der Waals surface area contributed by atoms with E-state index in [0.717, 1.165) is 12.8 Å². The molecule has 0 aromatic rings. The minimum absolute atomic E-state index is 0.0371. The van der Waals surface area contributed by atoms with E-state index in [1.165, 1.54) is 25.5 Å². The predicted molar refractivity (Wildman–Crippen MR) is 55.6 cm³/mol. The van der Waals surface area contributed by atoms with Crippen LogP contribution in [0.15, 0.2) is 0 Å². The molecule has 0 amide bonds. The molecule has 76 valence electrons. The highest BCUT2D eigenvalue weighted by Crippen LogP contribution is 2.46. The minimum Gasteiger partial charge on any atom is -0.303 e. The van der Waals surface area contributed by atoms with Gasteiger partial charge in [-0.2, -0.15) is 0 Å². The quantitative estimate of drug-likeness (QED) is 0.609. The molecule has 0 bridgehead atoms. The summed E-state index contributed by atoms with van der Waals surface area (Å²) in [6, 6.07) is 0. The molecule has 1 aliphatic carbocycles. The third kappa shape index (κ3) is 2.12. The molecular weight excluding hydrogens is 160 g/mol. The standard InChI is InChI=1S/C12H22O/c1-4-10(2)8-12(9-13)7-5-6-11(12)3/h9-11H,4-8H2,1-3H3. The van der Waals surface area contributed by atoms with Gasteiger partial charge in [0.25, 0.3) is 0 Å². The van der Waals surface area contributed by atoms with Crippen LogP contribution in [-0.2, 0) is 4.79 Å². The Kier molecular flexibility index (Phi) is 3.52. The van der Waals surface area contributed by atoms with Crippen molar-refractivity contribution in [2.24, 2.45) is 17.3 Å². The highest BCUT2D eigenvalue weighted by molar-refractivity contribution is 5.60. The summed E-state index contributed by atoms with van der Waals surface area (Å²) in [7, 11) is 0. The van der Waals surface area contributed by atoms with Crippen LogP contribution >= 0.6 is 0 Å². The summed E-state index contributed by atoms with van der Waals surface area (Å²) in [5, 5.41) is 0. The summed E-state index contributed by atoms with van der Waals surface area (Å²) in [6.45, 7) is 6.71. The number of hydrogen-bond acceptors (Lipinski definition) is 1. The summed E-state index contributed by atoms with van der Waals surface area (Å²) in [5.41, 5.74) is 0.0371. The van der Waals surface area contributed by atoms with Crippen LogP contribution in [-0.4, -0.2) is 6.29 Å². The summed E-state index contributed by atoms with van der Waals surface area (Å²) in [4.78, 5) is 11.2. The molecule has 1 nitrogen and oxygen atoms in total. The fourth-order valence-electron chi connectivity index (χ4n) is 2.59. The average molecular weight is 182 g/mol. The van der Waals surface area contributed by atoms with E-state index in [1.807, 2.05) is 0 Å². The highest BCUT2D eigenvalue weighted by Gasteiger charge is 2.40. The number of hydrogen-bond donors (Lipinski definition) is 0. The van der Waals surface area contributed by atoms with Crippen molar-refractivity contribution in [3.05, 3.63) is 0 Å². The smallest absolute Gasteiger partial charge is 0.126 e. The molecule has 3 unspecified atom stereocenters. The van der Waals surface area contributed by atoms with Crippen molar-refractivity contribution in [2.45, 2.75) is 52.9 Å². The van der Waals surface area contributed by atoms with E-state index in [9.17, 15) is 4.79 Å². The summed E-state index contributed by atoms with van der Waals surface area (Å²) in [5.74, 6) is 1.31. The van der Waals surface area contributed by atoms with Gasteiger partial charge < -0.3 is 4.79 Å². The molecule has 0 heterocycles. The molecule has 3 atom stereocenters. The maximum absolute atomic E-state index is 11.2. The van der Waals surface area contributed by atoms with Gasteiger partial charge in [-0.25, -0.2) is 0 Å². The second-order valence-corrected chi connectivity index (χ2v) is 4.86. The minimum atomic E-state index is 0.0371. The molecular formula is C12H22O. The molecule has 13 heavy (non-hydrogen) atoms. The van der Waals surface area contributed by atoms with Gasteiger partial charge in [0.2, 0.25) is 0 Å². The Morgan fingerprint density at radius 1 is 1.62 bits per heavy atom. The fraction of sp³-hybridized carbons (Fsp3) is 0.917. The Balaban J connectivity index is 2.63. The summed E-state index contributed by atoms with van der Waals surface area (Å²) >= 11 is 0. The highest BCUT2D eigenvalue weighted by atomic mass is 16.1. The lowest BCUT2D eigenvalue weighted by Crippen LogP contribution is -2.27. The third-order valence-corrected chi connectivity index (χ3v) is 3.92. The Morgan fingerprint density at radius 3 is 2.69 bits per heavy atom. The number of carbonyl (C=O) groups is 1. The van der Waals surface area contributed by atoms with E-state index in [1.54, 1.807) is 0 Å². The van der Waals surface area contributed by atoms with Crippen LogP contribution in [0.4, 0.5) is 0 Å². The van der Waals surface area contributed by atoms with Gasteiger partial charge in [0, 0.05) is 5.41 Å². The lowest BCUT2D eigenvalue weighted by atomic mass is 9.73. The maximum atomic E-state index is 11.2. The third-order valence-electron chi connectivity index (χ3n) is 3.92. The Labute approximate surface area is 81.9 Å². The van der Waals surface area contributed by atoms with Gasteiger partial charge in [-0.3, -0.25) is 0 Å². The molecule has 0 aromatic carbocycles. The predicted octanol–water partition coefficient (Wildman–Crippen LogP) is 3.43. The van der Waals surface area contributed by atoms with Gasteiger partial charge in [0.05, 0.1) is 0 Å². The van der Waals surface area contributed by atoms with Crippen LogP contribution in [0.2, 0.25) is 0 Å². The lowest BCUT2D eigenvalue weighted by Gasteiger charge is -2.30. The van der Waals surface area contributed by atoms with Crippen LogP contribution in [0.1, 0.15) is 52.9 Å². The van der Waals surface area contributed by atoms with Crippen LogP contribution < -0.4 is 0 Å². The zero-order valence-electron chi connectivity index (χ0n) is 9.18. The SMILES string of the molecule is CCC(C)CC1(C=O)CCCC1C. The van der Waals surface area contributed by atoms with Gasteiger partial charge in [0.15, 0.2) is 0 Å². The van der Waals surface area contributed by atoms with Crippen molar-refractivity contribution in [2.75, 3.05) is 0 Å². The summed E-state index contributed by atoms with van der Waals surface area (Å²) in [6.07, 6.45) is 7.17. The van der Waals surface area contributed by atoms with Crippen molar-refractivity contribution >= 4 is 6.29 Å². The first-order chi connectivity index (χ1) is 6.14. The van der Waals surface area contributed by atoms with Gasteiger partial charge in [-0.05, 0) is 31.1 Å². The molecule has 0 N–H and O–H groups in total. The van der Waals surface area contributed by atoms with E-state index in [-0.39, 0.29) is 5.41 Å². The van der Waals surface area contributed by atoms with Crippen molar-refractivity contribution in [3.8, 4) is 0 Å². The van der Waals surface area contributed by atoms with Crippen molar-refractivity contribution in [3.63, 3.8) is 0 Å². The Morgan fingerprint density at radius 2 is 2.31 bits per heavy atom. The lowest BCUT2D eigenvalue weighted by molar-refractivity contribution is -0.118.